The predicted octanol–water partition coefficient (Wildman–Crippen LogP) is 6.46. The van der Waals surface area contributed by atoms with E-state index in [0.29, 0.717) is 5.56 Å². The average Bonchev–Trinajstić information content (AvgIpc) is 3.25. The van der Waals surface area contributed by atoms with Crippen LogP contribution in [0.25, 0.3) is 10.4 Å². The molecule has 4 heteroatoms. The molecule has 4 rings (SSSR count). The van der Waals surface area contributed by atoms with E-state index in [2.05, 4.69) is 5.32 Å². The molecule has 1 amide bonds. The molecule has 0 radical (unpaired) electrons. The van der Waals surface area contributed by atoms with Crippen LogP contribution in [0.1, 0.15) is 10.4 Å². The summed E-state index contributed by atoms with van der Waals surface area (Å²) in [6.07, 6.45) is 0. The third kappa shape index (κ3) is 4.25. The van der Waals surface area contributed by atoms with Gasteiger partial charge in [-0.1, -0.05) is 36.4 Å². The second kappa shape index (κ2) is 7.89. The van der Waals surface area contributed by atoms with Gasteiger partial charge in [0, 0.05) is 16.1 Å². The Labute approximate surface area is 161 Å². The molecule has 0 saturated carbocycles. The lowest BCUT2D eigenvalue weighted by Gasteiger charge is -2.09. The highest BCUT2D eigenvalue weighted by Crippen LogP contribution is 2.26. The lowest BCUT2D eigenvalue weighted by Crippen LogP contribution is -2.11. The van der Waals surface area contributed by atoms with Crippen LogP contribution in [-0.2, 0) is 0 Å². The van der Waals surface area contributed by atoms with Gasteiger partial charge in [0.15, 0.2) is 0 Å². The second-order valence-electron chi connectivity index (χ2n) is 5.95. The average molecular weight is 371 g/mol. The van der Waals surface area contributed by atoms with Crippen molar-refractivity contribution >= 4 is 22.9 Å². The van der Waals surface area contributed by atoms with Crippen LogP contribution in [0, 0.1) is 0 Å². The monoisotopic (exact) mass is 371 g/mol. The highest BCUT2D eigenvalue weighted by Gasteiger charge is 2.08. The minimum Gasteiger partial charge on any atom is -0.457 e. The van der Waals surface area contributed by atoms with E-state index in [1.54, 1.807) is 11.3 Å². The van der Waals surface area contributed by atoms with Gasteiger partial charge in [0.05, 0.1) is 0 Å². The Balaban J connectivity index is 1.44. The molecule has 0 bridgehead atoms. The molecule has 1 N–H and O–H groups in total. The predicted molar refractivity (Wildman–Crippen MR) is 111 cm³/mol. The summed E-state index contributed by atoms with van der Waals surface area (Å²) in [7, 11) is 0. The summed E-state index contributed by atoms with van der Waals surface area (Å²) in [5.41, 5.74) is 2.40. The molecule has 1 aromatic heterocycles. The third-order valence-electron chi connectivity index (χ3n) is 4.02. The number of hydrogen-bond donors (Lipinski definition) is 1. The molecule has 0 saturated heterocycles. The van der Waals surface area contributed by atoms with E-state index in [9.17, 15) is 4.79 Å². The maximum atomic E-state index is 12.6. The molecule has 0 aliphatic heterocycles. The van der Waals surface area contributed by atoms with E-state index in [4.69, 9.17) is 4.74 Å². The maximum absolute atomic E-state index is 12.6. The van der Waals surface area contributed by atoms with E-state index < -0.39 is 0 Å². The molecule has 0 spiro atoms. The normalized spacial score (nSPS) is 10.4. The molecule has 3 nitrogen and oxygen atoms in total. The number of rotatable bonds is 5. The minimum atomic E-state index is -0.134. The van der Waals surface area contributed by atoms with Crippen LogP contribution in [0.5, 0.6) is 11.5 Å². The molecule has 1 heterocycles. The van der Waals surface area contributed by atoms with E-state index in [1.807, 2.05) is 96.4 Å². The first-order chi connectivity index (χ1) is 13.3. The summed E-state index contributed by atoms with van der Waals surface area (Å²) in [5.74, 6) is 1.36. The van der Waals surface area contributed by atoms with Crippen molar-refractivity contribution in [1.29, 1.82) is 0 Å². The first-order valence-electron chi connectivity index (χ1n) is 8.56. The van der Waals surface area contributed by atoms with Gasteiger partial charge in [0.1, 0.15) is 11.5 Å². The van der Waals surface area contributed by atoms with Crippen LogP contribution in [0.15, 0.2) is 96.4 Å². The highest BCUT2D eigenvalue weighted by molar-refractivity contribution is 7.13. The summed E-state index contributed by atoms with van der Waals surface area (Å²) >= 11 is 1.66. The van der Waals surface area contributed by atoms with Crippen LogP contribution >= 0.6 is 11.3 Å². The molecule has 0 fully saturated rings. The number of benzene rings is 3. The van der Waals surface area contributed by atoms with Crippen molar-refractivity contribution in [2.24, 2.45) is 0 Å². The Morgan fingerprint density at radius 1 is 0.778 bits per heavy atom. The number of nitrogens with one attached hydrogen (secondary N) is 1. The molecule has 3 aromatic carbocycles. The molecule has 4 aromatic rings. The molecule has 132 valence electrons. The number of carbonyl (C=O) groups is 1. The molecule has 0 unspecified atom stereocenters. The Hall–Kier alpha value is -3.37. The van der Waals surface area contributed by atoms with Gasteiger partial charge < -0.3 is 10.1 Å². The van der Waals surface area contributed by atoms with Gasteiger partial charge >= 0.3 is 0 Å². The first-order valence-corrected chi connectivity index (χ1v) is 9.44. The molecular weight excluding hydrogens is 354 g/mol. The van der Waals surface area contributed by atoms with Crippen molar-refractivity contribution in [2.75, 3.05) is 5.32 Å². The highest BCUT2D eigenvalue weighted by atomic mass is 32.1. The first kappa shape index (κ1) is 17.1. The van der Waals surface area contributed by atoms with Crippen LogP contribution < -0.4 is 10.1 Å². The van der Waals surface area contributed by atoms with E-state index in [1.165, 1.54) is 0 Å². The number of ether oxygens (including phenoxy) is 1. The van der Waals surface area contributed by atoms with Gasteiger partial charge in [-0.15, -0.1) is 11.3 Å². The Morgan fingerprint density at radius 2 is 1.56 bits per heavy atom. The van der Waals surface area contributed by atoms with Gasteiger partial charge in [-0.2, -0.15) is 0 Å². The van der Waals surface area contributed by atoms with Crippen molar-refractivity contribution in [2.45, 2.75) is 0 Å². The van der Waals surface area contributed by atoms with Gasteiger partial charge in [-0.05, 0) is 65.5 Å². The zero-order valence-electron chi connectivity index (χ0n) is 14.5. The number of carbonyl (C=O) groups excluding carboxylic acids is 1. The molecule has 0 atom stereocenters. The fourth-order valence-electron chi connectivity index (χ4n) is 2.69. The molecule has 0 aliphatic carbocycles. The lowest BCUT2D eigenvalue weighted by molar-refractivity contribution is 0.102. The number of hydrogen-bond acceptors (Lipinski definition) is 3. The van der Waals surface area contributed by atoms with Gasteiger partial charge in [0.2, 0.25) is 0 Å². The van der Waals surface area contributed by atoms with Crippen molar-refractivity contribution in [3.8, 4) is 21.9 Å². The van der Waals surface area contributed by atoms with Crippen LogP contribution in [0.3, 0.4) is 0 Å². The second-order valence-corrected chi connectivity index (χ2v) is 6.90. The van der Waals surface area contributed by atoms with E-state index in [-0.39, 0.29) is 5.91 Å². The number of amides is 1. The molecule has 27 heavy (non-hydrogen) atoms. The topological polar surface area (TPSA) is 38.3 Å². The number of thiophene rings is 1. The van der Waals surface area contributed by atoms with Gasteiger partial charge in [-0.25, -0.2) is 0 Å². The lowest BCUT2D eigenvalue weighted by atomic mass is 10.1. The van der Waals surface area contributed by atoms with E-state index >= 15 is 0 Å². The smallest absolute Gasteiger partial charge is 0.255 e. The zero-order chi connectivity index (χ0) is 18.5. The van der Waals surface area contributed by atoms with Crippen LogP contribution in [-0.4, -0.2) is 5.91 Å². The fraction of sp³-hybridized carbons (Fsp3) is 0. The molecule has 0 aliphatic rings. The summed E-state index contributed by atoms with van der Waals surface area (Å²) < 4.78 is 5.77. The number of anilines is 1. The van der Waals surface area contributed by atoms with Gasteiger partial charge in [0.25, 0.3) is 5.91 Å². The SMILES string of the molecule is O=C(Nc1ccc(Oc2ccccc2)cc1)c1cccc(-c2cccs2)c1. The van der Waals surface area contributed by atoms with Crippen molar-refractivity contribution in [1.82, 2.24) is 0 Å². The van der Waals surface area contributed by atoms with Crippen LogP contribution in [0.4, 0.5) is 5.69 Å². The zero-order valence-corrected chi connectivity index (χ0v) is 15.3. The summed E-state index contributed by atoms with van der Waals surface area (Å²) in [4.78, 5) is 13.7. The summed E-state index contributed by atoms with van der Waals surface area (Å²) in [6, 6.07) is 28.6. The van der Waals surface area contributed by atoms with Crippen molar-refractivity contribution < 1.29 is 9.53 Å². The minimum absolute atomic E-state index is 0.134. The maximum Gasteiger partial charge on any atom is 0.255 e. The summed E-state index contributed by atoms with van der Waals surface area (Å²) in [6.45, 7) is 0. The quantitative estimate of drug-likeness (QED) is 0.437. The van der Waals surface area contributed by atoms with Crippen molar-refractivity contribution in [3.63, 3.8) is 0 Å². The summed E-state index contributed by atoms with van der Waals surface area (Å²) in [5, 5.41) is 4.96. The number of para-hydroxylation sites is 1. The third-order valence-corrected chi connectivity index (χ3v) is 4.94. The Kier molecular flexibility index (Phi) is 4.99. The Morgan fingerprint density at radius 3 is 2.30 bits per heavy atom. The van der Waals surface area contributed by atoms with Crippen molar-refractivity contribution in [3.05, 3.63) is 102 Å². The standard InChI is InChI=1S/C23H17NO2S/c25-23(18-7-4-6-17(16-18)22-10-5-15-27-22)24-19-11-13-21(14-12-19)26-20-8-2-1-3-9-20/h1-16H,(H,24,25). The molecular formula is C23H17NO2S. The van der Waals surface area contributed by atoms with Gasteiger partial charge in [-0.3, -0.25) is 4.79 Å². The van der Waals surface area contributed by atoms with E-state index in [0.717, 1.165) is 27.6 Å². The Bertz CT molecular complexity index is 1030. The van der Waals surface area contributed by atoms with Crippen LogP contribution in [0.2, 0.25) is 0 Å². The fourth-order valence-corrected chi connectivity index (χ4v) is 3.41. The largest absolute Gasteiger partial charge is 0.457 e.